The number of fused-ring (bicyclic) bond motifs is 1. The van der Waals surface area contributed by atoms with Gasteiger partial charge in [-0.05, 0) is 35.4 Å². The van der Waals surface area contributed by atoms with Crippen molar-refractivity contribution in [1.29, 1.82) is 0 Å². The van der Waals surface area contributed by atoms with Crippen molar-refractivity contribution in [2.45, 2.75) is 19.9 Å². The Bertz CT molecular complexity index is 775. The third kappa shape index (κ3) is 3.50. The van der Waals surface area contributed by atoms with Crippen molar-refractivity contribution >= 4 is 28.0 Å². The van der Waals surface area contributed by atoms with E-state index >= 15 is 0 Å². The minimum atomic E-state index is 0.0661. The molecule has 3 aromatic rings. The van der Waals surface area contributed by atoms with E-state index < -0.39 is 0 Å². The maximum absolute atomic E-state index is 12.0. The van der Waals surface area contributed by atoms with E-state index in [9.17, 15) is 4.79 Å². The third-order valence-electron chi connectivity index (χ3n) is 3.43. The molecule has 0 bridgehead atoms. The Morgan fingerprint density at radius 1 is 1.05 bits per heavy atom. The Balaban J connectivity index is 1.63. The zero-order valence-electron chi connectivity index (χ0n) is 11.9. The summed E-state index contributed by atoms with van der Waals surface area (Å²) in [6.45, 7) is 2.69. The van der Waals surface area contributed by atoms with Gasteiger partial charge in [-0.25, -0.2) is 0 Å². The highest BCUT2D eigenvalue weighted by Gasteiger charge is 2.05. The van der Waals surface area contributed by atoms with Crippen molar-refractivity contribution in [2.24, 2.45) is 0 Å². The molecule has 0 radical (unpaired) electrons. The van der Waals surface area contributed by atoms with Gasteiger partial charge < -0.3 is 5.32 Å². The zero-order valence-corrected chi connectivity index (χ0v) is 12.7. The van der Waals surface area contributed by atoms with Gasteiger partial charge in [-0.15, -0.1) is 11.3 Å². The molecule has 1 heterocycles. The van der Waals surface area contributed by atoms with Crippen LogP contribution in [0.4, 0.5) is 0 Å². The van der Waals surface area contributed by atoms with E-state index in [-0.39, 0.29) is 5.91 Å². The Morgan fingerprint density at radius 3 is 2.62 bits per heavy atom. The lowest BCUT2D eigenvalue weighted by molar-refractivity contribution is -0.120. The Kier molecular flexibility index (Phi) is 4.02. The second-order valence-electron chi connectivity index (χ2n) is 5.15. The van der Waals surface area contributed by atoms with E-state index in [0.29, 0.717) is 13.0 Å². The van der Waals surface area contributed by atoms with Crippen LogP contribution in [0.5, 0.6) is 0 Å². The third-order valence-corrected chi connectivity index (χ3v) is 4.44. The van der Waals surface area contributed by atoms with Crippen LogP contribution < -0.4 is 5.32 Å². The van der Waals surface area contributed by atoms with Gasteiger partial charge in [0, 0.05) is 9.75 Å². The molecule has 1 aromatic heterocycles. The molecular weight excluding hydrogens is 278 g/mol. The fourth-order valence-electron chi connectivity index (χ4n) is 2.36. The van der Waals surface area contributed by atoms with Crippen LogP contribution in [-0.2, 0) is 17.8 Å². The van der Waals surface area contributed by atoms with Gasteiger partial charge >= 0.3 is 0 Å². The maximum Gasteiger partial charge on any atom is 0.224 e. The smallest absolute Gasteiger partial charge is 0.224 e. The molecule has 0 aliphatic rings. The van der Waals surface area contributed by atoms with Crippen LogP contribution in [0.1, 0.15) is 15.3 Å². The van der Waals surface area contributed by atoms with Crippen LogP contribution in [0.3, 0.4) is 0 Å². The number of hydrogen-bond donors (Lipinski definition) is 1. The number of amides is 1. The number of rotatable bonds is 4. The summed E-state index contributed by atoms with van der Waals surface area (Å²) < 4.78 is 0. The standard InChI is InChI=1S/C18H17NOS/c1-13-6-9-17(21-13)12-19-18(20)11-14-7-8-15-4-2-3-5-16(15)10-14/h2-10H,11-12H2,1H3,(H,19,20). The molecule has 0 aliphatic carbocycles. The summed E-state index contributed by atoms with van der Waals surface area (Å²) in [5, 5.41) is 5.36. The molecule has 0 saturated heterocycles. The second-order valence-corrected chi connectivity index (χ2v) is 6.52. The van der Waals surface area contributed by atoms with Crippen molar-refractivity contribution < 1.29 is 4.79 Å². The molecule has 2 aromatic carbocycles. The number of carbonyl (C=O) groups is 1. The summed E-state index contributed by atoms with van der Waals surface area (Å²) in [5.41, 5.74) is 1.05. The van der Waals surface area contributed by atoms with Crippen LogP contribution in [0.15, 0.2) is 54.6 Å². The van der Waals surface area contributed by atoms with Crippen LogP contribution in [0, 0.1) is 6.92 Å². The highest BCUT2D eigenvalue weighted by atomic mass is 32.1. The highest BCUT2D eigenvalue weighted by molar-refractivity contribution is 7.11. The van der Waals surface area contributed by atoms with Crippen molar-refractivity contribution in [2.75, 3.05) is 0 Å². The lowest BCUT2D eigenvalue weighted by Crippen LogP contribution is -2.24. The van der Waals surface area contributed by atoms with Crippen molar-refractivity contribution in [3.8, 4) is 0 Å². The summed E-state index contributed by atoms with van der Waals surface area (Å²) in [5.74, 6) is 0.0661. The molecule has 2 nitrogen and oxygen atoms in total. The van der Waals surface area contributed by atoms with Gasteiger partial charge in [0.2, 0.25) is 5.91 Å². The highest BCUT2D eigenvalue weighted by Crippen LogP contribution is 2.16. The summed E-state index contributed by atoms with van der Waals surface area (Å²) in [6.07, 6.45) is 0.426. The van der Waals surface area contributed by atoms with Gasteiger partial charge in [0.25, 0.3) is 0 Å². The van der Waals surface area contributed by atoms with Crippen LogP contribution in [0.25, 0.3) is 10.8 Å². The van der Waals surface area contributed by atoms with E-state index in [1.807, 2.05) is 18.2 Å². The molecule has 3 rings (SSSR count). The molecule has 0 fully saturated rings. The Labute approximate surface area is 128 Å². The number of nitrogens with one attached hydrogen (secondary N) is 1. The number of aryl methyl sites for hydroxylation is 1. The average molecular weight is 295 g/mol. The van der Waals surface area contributed by atoms with E-state index in [2.05, 4.69) is 48.6 Å². The zero-order chi connectivity index (χ0) is 14.7. The van der Waals surface area contributed by atoms with Crippen molar-refractivity contribution in [3.63, 3.8) is 0 Å². The first kappa shape index (κ1) is 13.8. The quantitative estimate of drug-likeness (QED) is 0.772. The van der Waals surface area contributed by atoms with E-state index in [0.717, 1.165) is 5.56 Å². The van der Waals surface area contributed by atoms with Crippen LogP contribution in [0.2, 0.25) is 0 Å². The first-order chi connectivity index (χ1) is 10.2. The molecule has 0 atom stereocenters. The maximum atomic E-state index is 12.0. The summed E-state index contributed by atoms with van der Waals surface area (Å²) in [6, 6.07) is 18.5. The molecular formula is C18H17NOS. The monoisotopic (exact) mass is 295 g/mol. The molecule has 106 valence electrons. The second kappa shape index (κ2) is 6.10. The topological polar surface area (TPSA) is 29.1 Å². The van der Waals surface area contributed by atoms with Gasteiger partial charge in [0.1, 0.15) is 0 Å². The lowest BCUT2D eigenvalue weighted by atomic mass is 10.0. The summed E-state index contributed by atoms with van der Waals surface area (Å²) in [7, 11) is 0. The Hall–Kier alpha value is -2.13. The molecule has 1 N–H and O–H groups in total. The summed E-state index contributed by atoms with van der Waals surface area (Å²) in [4.78, 5) is 14.5. The predicted molar refractivity (Wildman–Crippen MR) is 88.6 cm³/mol. The minimum Gasteiger partial charge on any atom is -0.351 e. The van der Waals surface area contributed by atoms with Gasteiger partial charge in [0.15, 0.2) is 0 Å². The number of benzene rings is 2. The Morgan fingerprint density at radius 2 is 1.86 bits per heavy atom. The molecule has 0 spiro atoms. The van der Waals surface area contributed by atoms with Crippen molar-refractivity contribution in [1.82, 2.24) is 5.32 Å². The van der Waals surface area contributed by atoms with Gasteiger partial charge in [-0.1, -0.05) is 42.5 Å². The van der Waals surface area contributed by atoms with Gasteiger partial charge in [-0.3, -0.25) is 4.79 Å². The molecule has 21 heavy (non-hydrogen) atoms. The molecule has 0 aliphatic heterocycles. The fraction of sp³-hybridized carbons (Fsp3) is 0.167. The molecule has 3 heteroatoms. The van der Waals surface area contributed by atoms with E-state index in [1.165, 1.54) is 20.5 Å². The molecule has 1 amide bonds. The first-order valence-corrected chi connectivity index (χ1v) is 7.82. The molecule has 0 unspecified atom stereocenters. The van der Waals surface area contributed by atoms with E-state index in [4.69, 9.17) is 0 Å². The van der Waals surface area contributed by atoms with Gasteiger partial charge in [-0.2, -0.15) is 0 Å². The van der Waals surface area contributed by atoms with Crippen LogP contribution in [-0.4, -0.2) is 5.91 Å². The van der Waals surface area contributed by atoms with Gasteiger partial charge in [0.05, 0.1) is 13.0 Å². The number of hydrogen-bond acceptors (Lipinski definition) is 2. The van der Waals surface area contributed by atoms with E-state index in [1.54, 1.807) is 11.3 Å². The lowest BCUT2D eigenvalue weighted by Gasteiger charge is -2.05. The fourth-order valence-corrected chi connectivity index (χ4v) is 3.19. The molecule has 0 saturated carbocycles. The first-order valence-electron chi connectivity index (χ1n) is 7.00. The predicted octanol–water partition coefficient (Wildman–Crippen LogP) is 4.07. The van der Waals surface area contributed by atoms with Crippen LogP contribution >= 0.6 is 11.3 Å². The summed E-state index contributed by atoms with van der Waals surface area (Å²) >= 11 is 1.72. The number of thiophene rings is 1. The SMILES string of the molecule is Cc1ccc(CNC(=O)Cc2ccc3ccccc3c2)s1. The minimum absolute atomic E-state index is 0.0661. The number of carbonyl (C=O) groups excluding carboxylic acids is 1. The van der Waals surface area contributed by atoms with Crippen molar-refractivity contribution in [3.05, 3.63) is 69.9 Å². The average Bonchev–Trinajstić information content (AvgIpc) is 2.91. The largest absolute Gasteiger partial charge is 0.351 e. The normalized spacial score (nSPS) is 10.7.